The van der Waals surface area contributed by atoms with Gasteiger partial charge in [0, 0.05) is 41.3 Å². The number of hydrogen-bond acceptors (Lipinski definition) is 8. The number of benzene rings is 2. The molecule has 1 aliphatic heterocycles. The Kier molecular flexibility index (Phi) is 7.63. The van der Waals surface area contributed by atoms with Gasteiger partial charge in [-0.15, -0.1) is 10.2 Å². The Morgan fingerprint density at radius 2 is 1.85 bits per heavy atom. The van der Waals surface area contributed by atoms with Gasteiger partial charge < -0.3 is 9.30 Å². The molecule has 5 rings (SSSR count). The van der Waals surface area contributed by atoms with Crippen molar-refractivity contribution in [2.24, 2.45) is 5.10 Å². The lowest BCUT2D eigenvalue weighted by Gasteiger charge is -2.26. The number of tetrazole rings is 1. The number of aromatic nitrogens is 5. The number of sulfonamides is 1. The van der Waals surface area contributed by atoms with Crippen molar-refractivity contribution in [2.45, 2.75) is 25.3 Å². The second-order valence-corrected chi connectivity index (χ2v) is 10.9. The summed E-state index contributed by atoms with van der Waals surface area (Å²) in [6, 6.07) is 18.1. The molecular weight excluding hydrogens is 520 g/mol. The van der Waals surface area contributed by atoms with E-state index in [9.17, 15) is 13.2 Å². The maximum atomic E-state index is 13.1. The van der Waals surface area contributed by atoms with E-state index < -0.39 is 15.9 Å². The summed E-state index contributed by atoms with van der Waals surface area (Å²) in [5.74, 6) is 0.0271. The van der Waals surface area contributed by atoms with E-state index in [2.05, 4.69) is 25.9 Å². The summed E-state index contributed by atoms with van der Waals surface area (Å²) in [5, 5.41) is 16.2. The lowest BCUT2D eigenvalue weighted by atomic mass is 10.2. The van der Waals surface area contributed by atoms with Gasteiger partial charge in [-0.05, 0) is 43.3 Å². The minimum atomic E-state index is -3.63. The van der Waals surface area contributed by atoms with Crippen LogP contribution in [0.5, 0.6) is 0 Å². The molecule has 0 atom stereocenters. The molecular formula is C26H28N8O4S. The largest absolute Gasteiger partial charge is 0.379 e. The highest BCUT2D eigenvalue weighted by atomic mass is 32.2. The van der Waals surface area contributed by atoms with Crippen LogP contribution in [0, 0.1) is 13.8 Å². The van der Waals surface area contributed by atoms with Gasteiger partial charge in [0.05, 0.1) is 24.3 Å². The molecule has 1 fully saturated rings. The predicted octanol–water partition coefficient (Wildman–Crippen LogP) is 1.92. The summed E-state index contributed by atoms with van der Waals surface area (Å²) in [6.07, 6.45) is 1.55. The topological polar surface area (TPSA) is 137 Å². The number of aryl methyl sites for hydroxylation is 1. The monoisotopic (exact) mass is 548 g/mol. The molecule has 0 aliphatic carbocycles. The Bertz CT molecular complexity index is 1610. The molecule has 4 aromatic rings. The molecule has 2 aromatic heterocycles. The molecule has 1 saturated heterocycles. The average Bonchev–Trinajstić information content (AvgIpc) is 3.53. The molecule has 1 amide bonds. The van der Waals surface area contributed by atoms with Crippen LogP contribution in [0.4, 0.5) is 0 Å². The number of hydrazone groups is 1. The van der Waals surface area contributed by atoms with Crippen LogP contribution in [0.1, 0.15) is 17.0 Å². The van der Waals surface area contributed by atoms with Crippen molar-refractivity contribution in [3.05, 3.63) is 77.6 Å². The van der Waals surface area contributed by atoms with Gasteiger partial charge in [0.25, 0.3) is 5.91 Å². The van der Waals surface area contributed by atoms with Crippen LogP contribution >= 0.6 is 0 Å². The van der Waals surface area contributed by atoms with Crippen molar-refractivity contribution in [1.82, 2.24) is 34.5 Å². The zero-order chi connectivity index (χ0) is 27.4. The minimum absolute atomic E-state index is 0.138. The average molecular weight is 549 g/mol. The Balaban J connectivity index is 1.27. The first-order valence-corrected chi connectivity index (χ1v) is 13.8. The third kappa shape index (κ3) is 5.79. The van der Waals surface area contributed by atoms with Crippen LogP contribution in [0.25, 0.3) is 17.1 Å². The van der Waals surface area contributed by atoms with Crippen molar-refractivity contribution in [3.63, 3.8) is 0 Å². The zero-order valence-corrected chi connectivity index (χ0v) is 22.4. The second kappa shape index (κ2) is 11.3. The molecule has 13 heteroatoms. The SMILES string of the molecule is Cc1cc(/C=N/NC(=O)Cn2nnc(-c3ccccc3)n2)c(C)n1-c1cccc(S(=O)(=O)N2CCOCC2)c1. The molecule has 0 saturated carbocycles. The van der Waals surface area contributed by atoms with Gasteiger partial charge in [0.2, 0.25) is 15.8 Å². The number of nitrogens with zero attached hydrogens (tertiary/aromatic N) is 7. The molecule has 12 nitrogen and oxygen atoms in total. The van der Waals surface area contributed by atoms with E-state index in [0.29, 0.717) is 32.1 Å². The van der Waals surface area contributed by atoms with Crippen LogP contribution in [0.2, 0.25) is 0 Å². The first kappa shape index (κ1) is 26.4. The maximum Gasteiger partial charge on any atom is 0.263 e. The Hall–Kier alpha value is -4.20. The smallest absolute Gasteiger partial charge is 0.263 e. The minimum Gasteiger partial charge on any atom is -0.379 e. The van der Waals surface area contributed by atoms with Gasteiger partial charge in [-0.2, -0.15) is 14.2 Å². The summed E-state index contributed by atoms with van der Waals surface area (Å²) >= 11 is 0. The molecule has 39 heavy (non-hydrogen) atoms. The van der Waals surface area contributed by atoms with Gasteiger partial charge in [-0.25, -0.2) is 13.8 Å². The summed E-state index contributed by atoms with van der Waals surface area (Å²) < 4.78 is 35.0. The van der Waals surface area contributed by atoms with Gasteiger partial charge in [-0.3, -0.25) is 4.79 Å². The van der Waals surface area contributed by atoms with E-state index in [1.807, 2.05) is 60.9 Å². The van der Waals surface area contributed by atoms with Crippen molar-refractivity contribution < 1.29 is 17.9 Å². The molecule has 2 aromatic carbocycles. The highest BCUT2D eigenvalue weighted by Crippen LogP contribution is 2.24. The fraction of sp³-hybridized carbons (Fsp3) is 0.269. The number of amides is 1. The molecule has 202 valence electrons. The Morgan fingerprint density at radius 1 is 1.08 bits per heavy atom. The van der Waals surface area contributed by atoms with Gasteiger partial charge >= 0.3 is 0 Å². The highest BCUT2D eigenvalue weighted by molar-refractivity contribution is 7.89. The fourth-order valence-corrected chi connectivity index (χ4v) is 5.83. The normalized spacial score (nSPS) is 14.6. The van der Waals surface area contributed by atoms with Crippen molar-refractivity contribution in [2.75, 3.05) is 26.3 Å². The van der Waals surface area contributed by atoms with Crippen molar-refractivity contribution >= 4 is 22.1 Å². The van der Waals surface area contributed by atoms with E-state index >= 15 is 0 Å². The third-order valence-electron chi connectivity index (χ3n) is 6.32. The highest BCUT2D eigenvalue weighted by Gasteiger charge is 2.26. The predicted molar refractivity (Wildman–Crippen MR) is 144 cm³/mol. The first-order chi connectivity index (χ1) is 18.8. The summed E-state index contributed by atoms with van der Waals surface area (Å²) in [5.41, 5.74) is 6.52. The molecule has 0 unspecified atom stereocenters. The van der Waals surface area contributed by atoms with E-state index in [-0.39, 0.29) is 11.4 Å². The van der Waals surface area contributed by atoms with Crippen LogP contribution in [0.3, 0.4) is 0 Å². The number of morpholine rings is 1. The standard InChI is InChI=1S/C26H28N8O4S/c1-19-15-22(17-27-28-25(35)18-33-30-26(29-31-33)21-7-4-3-5-8-21)20(2)34(19)23-9-6-10-24(16-23)39(36,37)32-11-13-38-14-12-32/h3-10,15-17H,11-14,18H2,1-2H3,(H,28,35)/b27-17+. The Labute approximate surface area is 225 Å². The fourth-order valence-electron chi connectivity index (χ4n) is 4.39. The van der Waals surface area contributed by atoms with E-state index in [1.165, 1.54) is 9.10 Å². The number of carbonyl (C=O) groups excluding carboxylic acids is 1. The second-order valence-electron chi connectivity index (χ2n) is 8.98. The van der Waals surface area contributed by atoms with Crippen molar-refractivity contribution in [3.8, 4) is 17.1 Å². The molecule has 0 bridgehead atoms. The number of nitrogens with one attached hydrogen (secondary N) is 1. The van der Waals surface area contributed by atoms with E-state index in [4.69, 9.17) is 4.74 Å². The van der Waals surface area contributed by atoms with Crippen LogP contribution < -0.4 is 5.43 Å². The molecule has 1 aliphatic rings. The zero-order valence-electron chi connectivity index (χ0n) is 21.6. The summed E-state index contributed by atoms with van der Waals surface area (Å²) in [7, 11) is -3.63. The maximum absolute atomic E-state index is 13.1. The number of ether oxygens (including phenoxy) is 1. The first-order valence-electron chi connectivity index (χ1n) is 12.4. The number of hydrogen-bond donors (Lipinski definition) is 1. The Morgan fingerprint density at radius 3 is 2.62 bits per heavy atom. The van der Waals surface area contributed by atoms with E-state index in [1.54, 1.807) is 24.4 Å². The molecule has 3 heterocycles. The van der Waals surface area contributed by atoms with Crippen molar-refractivity contribution in [1.29, 1.82) is 0 Å². The van der Waals surface area contributed by atoms with E-state index in [0.717, 1.165) is 28.2 Å². The van der Waals surface area contributed by atoms with Crippen LogP contribution in [-0.2, 0) is 26.1 Å². The molecule has 0 radical (unpaired) electrons. The lowest BCUT2D eigenvalue weighted by molar-refractivity contribution is -0.122. The molecule has 1 N–H and O–H groups in total. The van der Waals surface area contributed by atoms with Crippen LogP contribution in [0.15, 0.2) is 70.7 Å². The third-order valence-corrected chi connectivity index (χ3v) is 8.21. The van der Waals surface area contributed by atoms with Gasteiger partial charge in [-0.1, -0.05) is 36.4 Å². The quantitative estimate of drug-likeness (QED) is 0.262. The van der Waals surface area contributed by atoms with Gasteiger partial charge in [0.15, 0.2) is 0 Å². The summed E-state index contributed by atoms with van der Waals surface area (Å²) in [6.45, 7) is 5.14. The summed E-state index contributed by atoms with van der Waals surface area (Å²) in [4.78, 5) is 13.8. The van der Waals surface area contributed by atoms with Crippen LogP contribution in [-0.4, -0.2) is 75.9 Å². The number of rotatable bonds is 8. The van der Waals surface area contributed by atoms with Gasteiger partial charge in [0.1, 0.15) is 6.54 Å². The lowest BCUT2D eigenvalue weighted by Crippen LogP contribution is -2.40. The molecule has 0 spiro atoms. The number of carbonyl (C=O) groups is 1.